The maximum Gasteiger partial charge on any atom is 0.472 e. The van der Waals surface area contributed by atoms with Gasteiger partial charge in [0.25, 0.3) is 0 Å². The van der Waals surface area contributed by atoms with Crippen LogP contribution in [-0.4, -0.2) is 74.9 Å². The molecule has 0 spiro atoms. The monoisotopic (exact) mass is 943 g/mol. The van der Waals surface area contributed by atoms with Gasteiger partial charge in [0, 0.05) is 12.8 Å². The molecule has 0 rings (SSSR count). The zero-order chi connectivity index (χ0) is 47.8. The average Bonchev–Trinajstić information content (AvgIpc) is 3.26. The smallest absolute Gasteiger partial charge is 0.462 e. The molecule has 9 nitrogen and oxygen atoms in total. The molecule has 0 bridgehead atoms. The van der Waals surface area contributed by atoms with E-state index < -0.39 is 26.5 Å². The number of unbranched alkanes of at least 4 members (excludes halogenated alkanes) is 36. The van der Waals surface area contributed by atoms with Crippen LogP contribution in [0.15, 0.2) is 12.2 Å². The van der Waals surface area contributed by atoms with Crippen LogP contribution in [0.2, 0.25) is 0 Å². The van der Waals surface area contributed by atoms with E-state index >= 15 is 0 Å². The number of carbonyl (C=O) groups is 2. The standard InChI is InChI=1S/C55H108NO8P/c1-6-8-10-12-14-16-18-20-22-24-26-28-30-32-34-36-38-40-42-44-46-48-55(58)64-53(52-63-65(59,60)62-50-49-56(3,4)5)51-61-54(57)47-45-43-41-39-37-35-33-31-29-27-25-23-21-19-17-15-13-11-9-7-2/h20,22,53H,6-19,21,23-52H2,1-5H3/p+1/b22-20+/t53-/m1/s1. The number of rotatable bonds is 52. The molecule has 0 aromatic rings. The van der Waals surface area contributed by atoms with E-state index in [9.17, 15) is 19.0 Å². The summed E-state index contributed by atoms with van der Waals surface area (Å²) in [6, 6.07) is 0. The van der Waals surface area contributed by atoms with Gasteiger partial charge in [-0.3, -0.25) is 18.6 Å². The number of carbonyl (C=O) groups excluding carboxylic acids is 2. The van der Waals surface area contributed by atoms with Crippen LogP contribution in [0.25, 0.3) is 0 Å². The number of phosphoric acid groups is 1. The van der Waals surface area contributed by atoms with Crippen molar-refractivity contribution in [3.05, 3.63) is 12.2 Å². The summed E-state index contributed by atoms with van der Waals surface area (Å²) in [5, 5.41) is 0. The summed E-state index contributed by atoms with van der Waals surface area (Å²) in [5.41, 5.74) is 0. The molecule has 0 aliphatic carbocycles. The third-order valence-electron chi connectivity index (χ3n) is 12.5. The second kappa shape index (κ2) is 47.8. The van der Waals surface area contributed by atoms with Gasteiger partial charge in [0.2, 0.25) is 0 Å². The molecule has 65 heavy (non-hydrogen) atoms. The van der Waals surface area contributed by atoms with Gasteiger partial charge in [-0.15, -0.1) is 0 Å². The first-order valence-electron chi connectivity index (χ1n) is 27.9. The molecule has 0 aromatic heterocycles. The van der Waals surface area contributed by atoms with Crippen LogP contribution in [0.3, 0.4) is 0 Å². The van der Waals surface area contributed by atoms with Crippen molar-refractivity contribution in [3.8, 4) is 0 Å². The molecule has 0 amide bonds. The molecule has 0 fully saturated rings. The number of allylic oxidation sites excluding steroid dienone is 2. The molecular formula is C55H109NO8P+. The Hall–Kier alpha value is -1.25. The van der Waals surface area contributed by atoms with Crippen molar-refractivity contribution in [2.24, 2.45) is 0 Å². The zero-order valence-electron chi connectivity index (χ0n) is 43.8. The Bertz CT molecular complexity index is 1110. The highest BCUT2D eigenvalue weighted by molar-refractivity contribution is 7.47. The van der Waals surface area contributed by atoms with Gasteiger partial charge in [-0.2, -0.15) is 0 Å². The molecule has 0 heterocycles. The molecule has 0 aromatic carbocycles. The van der Waals surface area contributed by atoms with Gasteiger partial charge in [0.1, 0.15) is 19.8 Å². The summed E-state index contributed by atoms with van der Waals surface area (Å²) in [4.78, 5) is 35.6. The SMILES string of the molecule is CCCCCCCC/C=C/CCCCCCCCCCCCCC(=O)O[C@H](COC(=O)CCCCCCCCCCCCCCCCCCCCCC)COP(=O)(O)OCC[N+](C)(C)C. The van der Waals surface area contributed by atoms with E-state index in [1.54, 1.807) is 0 Å². The lowest BCUT2D eigenvalue weighted by Crippen LogP contribution is -2.37. The van der Waals surface area contributed by atoms with E-state index in [0.29, 0.717) is 23.9 Å². The minimum absolute atomic E-state index is 0.0354. The van der Waals surface area contributed by atoms with Gasteiger partial charge in [-0.1, -0.05) is 238 Å². The number of hydrogen-bond acceptors (Lipinski definition) is 7. The van der Waals surface area contributed by atoms with Crippen molar-refractivity contribution in [3.63, 3.8) is 0 Å². The minimum atomic E-state index is -4.38. The molecule has 1 N–H and O–H groups in total. The summed E-state index contributed by atoms with van der Waals surface area (Å²) >= 11 is 0. The van der Waals surface area contributed by atoms with E-state index in [-0.39, 0.29) is 25.6 Å². The molecule has 0 saturated heterocycles. The predicted octanol–water partition coefficient (Wildman–Crippen LogP) is 16.9. The summed E-state index contributed by atoms with van der Waals surface area (Å²) in [5.74, 6) is -0.780. The summed E-state index contributed by atoms with van der Waals surface area (Å²) in [7, 11) is 1.49. The van der Waals surface area contributed by atoms with Crippen LogP contribution in [0.4, 0.5) is 0 Å². The van der Waals surface area contributed by atoms with Crippen molar-refractivity contribution in [2.75, 3.05) is 47.5 Å². The number of quaternary nitrogens is 1. The van der Waals surface area contributed by atoms with Crippen molar-refractivity contribution in [1.29, 1.82) is 0 Å². The largest absolute Gasteiger partial charge is 0.472 e. The fourth-order valence-electron chi connectivity index (χ4n) is 8.19. The zero-order valence-corrected chi connectivity index (χ0v) is 44.6. The fourth-order valence-corrected chi connectivity index (χ4v) is 8.93. The van der Waals surface area contributed by atoms with Gasteiger partial charge < -0.3 is 18.9 Å². The Kier molecular flexibility index (Phi) is 46.9. The Balaban J connectivity index is 4.16. The van der Waals surface area contributed by atoms with Crippen molar-refractivity contribution < 1.29 is 42.1 Å². The first kappa shape index (κ1) is 63.8. The van der Waals surface area contributed by atoms with E-state index in [4.69, 9.17) is 18.5 Å². The molecule has 10 heteroatoms. The maximum absolute atomic E-state index is 12.8. The Morgan fingerprint density at radius 1 is 0.462 bits per heavy atom. The van der Waals surface area contributed by atoms with Crippen LogP contribution in [0.5, 0.6) is 0 Å². The first-order valence-corrected chi connectivity index (χ1v) is 29.4. The lowest BCUT2D eigenvalue weighted by Gasteiger charge is -2.24. The molecular weight excluding hydrogens is 834 g/mol. The predicted molar refractivity (Wildman–Crippen MR) is 275 cm³/mol. The number of nitrogens with zero attached hydrogens (tertiary/aromatic N) is 1. The second-order valence-corrected chi connectivity index (χ2v) is 21.8. The Morgan fingerprint density at radius 3 is 1.14 bits per heavy atom. The highest BCUT2D eigenvalue weighted by Gasteiger charge is 2.27. The topological polar surface area (TPSA) is 108 Å². The molecule has 0 radical (unpaired) electrons. The van der Waals surface area contributed by atoms with Gasteiger partial charge in [0.15, 0.2) is 6.10 Å². The van der Waals surface area contributed by atoms with E-state index in [0.717, 1.165) is 32.1 Å². The van der Waals surface area contributed by atoms with E-state index in [2.05, 4.69) is 26.0 Å². The quantitative estimate of drug-likeness (QED) is 0.0211. The molecule has 0 saturated carbocycles. The minimum Gasteiger partial charge on any atom is -0.462 e. The van der Waals surface area contributed by atoms with Crippen LogP contribution in [0.1, 0.15) is 277 Å². The molecule has 0 aliphatic heterocycles. The number of hydrogen-bond donors (Lipinski definition) is 1. The van der Waals surface area contributed by atoms with Crippen LogP contribution >= 0.6 is 7.82 Å². The van der Waals surface area contributed by atoms with E-state index in [1.807, 2.05) is 21.1 Å². The van der Waals surface area contributed by atoms with Crippen molar-refractivity contribution in [1.82, 2.24) is 0 Å². The first-order chi connectivity index (χ1) is 31.5. The fraction of sp³-hybridized carbons (Fsp3) is 0.927. The van der Waals surface area contributed by atoms with Gasteiger partial charge in [-0.05, 0) is 38.5 Å². The van der Waals surface area contributed by atoms with Crippen molar-refractivity contribution in [2.45, 2.75) is 283 Å². The third-order valence-corrected chi connectivity index (χ3v) is 13.5. The molecule has 0 aliphatic rings. The van der Waals surface area contributed by atoms with Crippen molar-refractivity contribution >= 4 is 19.8 Å². The molecule has 2 atom stereocenters. The molecule has 1 unspecified atom stereocenters. The number of ether oxygens (including phenoxy) is 2. The number of likely N-dealkylation sites (N-methyl/N-ethyl adjacent to an activating group) is 1. The summed E-state index contributed by atoms with van der Waals surface area (Å²) < 4.78 is 34.5. The second-order valence-electron chi connectivity index (χ2n) is 20.3. The maximum atomic E-state index is 12.8. The Labute approximate surface area is 403 Å². The summed E-state index contributed by atoms with van der Waals surface area (Å²) in [6.07, 6.45) is 54.1. The van der Waals surface area contributed by atoms with E-state index in [1.165, 1.54) is 212 Å². The highest BCUT2D eigenvalue weighted by Crippen LogP contribution is 2.43. The van der Waals surface area contributed by atoms with Crippen LogP contribution in [0, 0.1) is 0 Å². The normalized spacial score (nSPS) is 13.4. The molecule has 386 valence electrons. The lowest BCUT2D eigenvalue weighted by atomic mass is 10.0. The van der Waals surface area contributed by atoms with Crippen LogP contribution < -0.4 is 0 Å². The Morgan fingerprint density at radius 2 is 0.785 bits per heavy atom. The average molecular weight is 943 g/mol. The number of esters is 2. The third kappa shape index (κ3) is 52.0. The lowest BCUT2D eigenvalue weighted by molar-refractivity contribution is -0.870. The highest BCUT2D eigenvalue weighted by atomic mass is 31.2. The summed E-state index contributed by atoms with van der Waals surface area (Å²) in [6.45, 7) is 4.48. The van der Waals surface area contributed by atoms with Crippen LogP contribution in [-0.2, 0) is 32.7 Å². The van der Waals surface area contributed by atoms with Gasteiger partial charge >= 0.3 is 19.8 Å². The van der Waals surface area contributed by atoms with Gasteiger partial charge in [0.05, 0.1) is 27.7 Å². The number of phosphoric ester groups is 1. The van der Waals surface area contributed by atoms with Gasteiger partial charge in [-0.25, -0.2) is 4.57 Å².